The monoisotopic (exact) mass is 381 g/mol. The number of carboxylic acids is 1. The molecule has 8 heteroatoms. The van der Waals surface area contributed by atoms with Gasteiger partial charge in [-0.3, -0.25) is 0 Å². The lowest BCUT2D eigenvalue weighted by atomic mass is 10.1. The van der Waals surface area contributed by atoms with Gasteiger partial charge in [-0.15, -0.1) is 10.2 Å². The first-order valence-electron chi connectivity index (χ1n) is 8.29. The van der Waals surface area contributed by atoms with Gasteiger partial charge < -0.3 is 9.90 Å². The summed E-state index contributed by atoms with van der Waals surface area (Å²) in [7, 11) is 0. The van der Waals surface area contributed by atoms with Gasteiger partial charge in [-0.25, -0.2) is 4.39 Å². The Kier molecular flexibility index (Phi) is 4.72. The van der Waals surface area contributed by atoms with E-state index in [4.69, 9.17) is 0 Å². The fraction of sp³-hybridized carbons (Fsp3) is 0.158. The Morgan fingerprint density at radius 3 is 2.56 bits per heavy atom. The molecule has 1 aliphatic rings. The maximum absolute atomic E-state index is 13.1. The average molecular weight is 381 g/mol. The molecule has 0 bridgehead atoms. The number of hydrogen-bond acceptors (Lipinski definition) is 6. The highest BCUT2D eigenvalue weighted by Gasteiger charge is 2.28. The highest BCUT2D eigenvalue weighted by atomic mass is 32.2. The van der Waals surface area contributed by atoms with Crippen molar-refractivity contribution in [2.75, 3.05) is 0 Å². The summed E-state index contributed by atoms with van der Waals surface area (Å²) in [6.45, 7) is 0. The van der Waals surface area contributed by atoms with Gasteiger partial charge in [-0.2, -0.15) is 9.78 Å². The number of fused-ring (bicyclic) bond motifs is 1. The number of carbonyl (C=O) groups is 1. The maximum atomic E-state index is 13.1. The largest absolute Gasteiger partial charge is 0.550 e. The second-order valence-corrected chi connectivity index (χ2v) is 7.22. The van der Waals surface area contributed by atoms with Crippen molar-refractivity contribution in [1.29, 1.82) is 0 Å². The molecule has 0 radical (unpaired) electrons. The van der Waals surface area contributed by atoms with Crippen LogP contribution in [0.4, 0.5) is 4.39 Å². The highest BCUT2D eigenvalue weighted by molar-refractivity contribution is 8.00. The lowest BCUT2D eigenvalue weighted by Gasteiger charge is -2.23. The van der Waals surface area contributed by atoms with Crippen LogP contribution in [0.2, 0.25) is 0 Å². The van der Waals surface area contributed by atoms with E-state index >= 15 is 0 Å². The summed E-state index contributed by atoms with van der Waals surface area (Å²) in [6, 6.07) is 15.6. The van der Waals surface area contributed by atoms with Crippen LogP contribution in [0.5, 0.6) is 0 Å². The molecule has 1 aliphatic heterocycles. The van der Waals surface area contributed by atoms with Crippen molar-refractivity contribution in [2.45, 2.75) is 23.2 Å². The van der Waals surface area contributed by atoms with E-state index in [2.05, 4.69) is 15.3 Å². The van der Waals surface area contributed by atoms with Crippen LogP contribution in [-0.2, 0) is 11.2 Å². The van der Waals surface area contributed by atoms with E-state index in [1.807, 2.05) is 30.3 Å². The van der Waals surface area contributed by atoms with E-state index in [0.717, 1.165) is 11.1 Å². The molecule has 0 unspecified atom stereocenters. The smallest absolute Gasteiger partial charge is 0.212 e. The van der Waals surface area contributed by atoms with Gasteiger partial charge in [0.2, 0.25) is 5.16 Å². The van der Waals surface area contributed by atoms with E-state index < -0.39 is 11.2 Å². The van der Waals surface area contributed by atoms with Crippen LogP contribution in [0.15, 0.2) is 64.9 Å². The first kappa shape index (κ1) is 17.4. The maximum Gasteiger partial charge on any atom is 0.212 e. The second kappa shape index (κ2) is 7.32. The Hall–Kier alpha value is -3.00. The van der Waals surface area contributed by atoms with Crippen molar-refractivity contribution in [3.63, 3.8) is 0 Å². The van der Waals surface area contributed by atoms with E-state index in [1.54, 1.807) is 16.8 Å². The molecule has 6 nitrogen and oxygen atoms in total. The summed E-state index contributed by atoms with van der Waals surface area (Å²) in [6.07, 6.45) is 0.267. The van der Waals surface area contributed by atoms with Crippen LogP contribution >= 0.6 is 11.8 Å². The van der Waals surface area contributed by atoms with Gasteiger partial charge in [0.05, 0.1) is 11.0 Å². The molecular weight excluding hydrogens is 367 g/mol. The number of carbonyl (C=O) groups excluding carboxylic acids is 1. The topological polar surface area (TPSA) is 83.2 Å². The van der Waals surface area contributed by atoms with Gasteiger partial charge in [0.15, 0.2) is 5.82 Å². The number of aliphatic carboxylic acids is 1. The van der Waals surface area contributed by atoms with Crippen LogP contribution in [-0.4, -0.2) is 31.8 Å². The van der Waals surface area contributed by atoms with E-state index in [1.165, 1.54) is 23.9 Å². The lowest BCUT2D eigenvalue weighted by molar-refractivity contribution is -0.305. The molecule has 0 N–H and O–H groups in total. The number of aromatic nitrogens is 3. The molecular formula is C19H14FN4O2S-. The van der Waals surface area contributed by atoms with Crippen LogP contribution in [0.3, 0.4) is 0 Å². The fourth-order valence-corrected chi connectivity index (χ4v) is 3.96. The first-order chi connectivity index (χ1) is 13.1. The number of hydrogen-bond donors (Lipinski definition) is 0. The zero-order valence-corrected chi connectivity index (χ0v) is 14.9. The molecule has 0 saturated carbocycles. The van der Waals surface area contributed by atoms with E-state index in [0.29, 0.717) is 23.1 Å². The van der Waals surface area contributed by atoms with Crippen molar-refractivity contribution in [1.82, 2.24) is 14.9 Å². The molecule has 1 atom stereocenters. The van der Waals surface area contributed by atoms with Crippen molar-refractivity contribution in [3.8, 4) is 0 Å². The highest BCUT2D eigenvalue weighted by Crippen LogP contribution is 2.32. The quantitative estimate of drug-likeness (QED) is 0.674. The zero-order valence-electron chi connectivity index (χ0n) is 14.1. The van der Waals surface area contributed by atoms with Crippen molar-refractivity contribution >= 4 is 23.4 Å². The van der Waals surface area contributed by atoms with Crippen LogP contribution in [0.1, 0.15) is 23.4 Å². The molecule has 0 amide bonds. The molecule has 0 aliphatic carbocycles. The minimum absolute atomic E-state index is 0.168. The normalized spacial score (nSPS) is 15.9. The van der Waals surface area contributed by atoms with Crippen LogP contribution in [0.25, 0.3) is 0 Å². The van der Waals surface area contributed by atoms with Gasteiger partial charge in [-0.05, 0) is 23.3 Å². The number of nitrogens with zero attached hydrogens (tertiary/aromatic N) is 4. The number of carboxylic acid groups (broad SMARTS) is 1. The fourth-order valence-electron chi connectivity index (χ4n) is 2.86. The predicted octanol–water partition coefficient (Wildman–Crippen LogP) is 1.87. The third-order valence-electron chi connectivity index (χ3n) is 4.13. The van der Waals surface area contributed by atoms with E-state index in [-0.39, 0.29) is 12.2 Å². The average Bonchev–Trinajstić information content (AvgIpc) is 3.05. The molecule has 1 aromatic heterocycles. The van der Waals surface area contributed by atoms with Crippen LogP contribution < -0.4 is 5.11 Å². The standard InChI is InChI=1S/C19H15FN4O2S/c20-14-8-6-12(7-9-14)10-16-21-22-19-24(16)23-18(13-4-2-1-3-5-13)15(27-19)11-17(25)26/h1-9,15H,10-11H2,(H,25,26)/p-1/t15-/m0/s1. The van der Waals surface area contributed by atoms with Gasteiger partial charge in [0, 0.05) is 18.8 Å². The number of thioether (sulfide) groups is 1. The molecule has 0 fully saturated rings. The predicted molar refractivity (Wildman–Crippen MR) is 96.9 cm³/mol. The van der Waals surface area contributed by atoms with Crippen LogP contribution in [0, 0.1) is 5.82 Å². The second-order valence-electron chi connectivity index (χ2n) is 6.05. The first-order valence-corrected chi connectivity index (χ1v) is 9.17. The minimum Gasteiger partial charge on any atom is -0.550 e. The molecule has 27 heavy (non-hydrogen) atoms. The summed E-state index contributed by atoms with van der Waals surface area (Å²) in [5, 5.41) is 24.3. The third-order valence-corrected chi connectivity index (χ3v) is 5.27. The summed E-state index contributed by atoms with van der Waals surface area (Å²) < 4.78 is 14.7. The molecule has 3 aromatic rings. The van der Waals surface area contributed by atoms with Crippen molar-refractivity contribution < 1.29 is 14.3 Å². The van der Waals surface area contributed by atoms with Gasteiger partial charge in [0.1, 0.15) is 5.82 Å². The molecule has 136 valence electrons. The van der Waals surface area contributed by atoms with Gasteiger partial charge in [0.25, 0.3) is 0 Å². The Morgan fingerprint density at radius 2 is 1.85 bits per heavy atom. The number of rotatable bonds is 5. The number of halogens is 1. The Bertz CT molecular complexity index is 1000. The summed E-state index contributed by atoms with van der Waals surface area (Å²) in [5.74, 6) is -0.841. The molecule has 2 heterocycles. The molecule has 0 spiro atoms. The van der Waals surface area contributed by atoms with E-state index in [9.17, 15) is 14.3 Å². The van der Waals surface area contributed by atoms with Gasteiger partial charge in [-0.1, -0.05) is 54.2 Å². The summed E-state index contributed by atoms with van der Waals surface area (Å²) in [4.78, 5) is 11.2. The van der Waals surface area contributed by atoms with Crippen molar-refractivity contribution in [3.05, 3.63) is 77.4 Å². The molecule has 0 saturated heterocycles. The SMILES string of the molecule is O=C([O-])C[C@@H]1Sc2nnc(Cc3ccc(F)cc3)n2N=C1c1ccccc1. The van der Waals surface area contributed by atoms with Gasteiger partial charge >= 0.3 is 0 Å². The third kappa shape index (κ3) is 3.75. The lowest BCUT2D eigenvalue weighted by Crippen LogP contribution is -2.33. The summed E-state index contributed by atoms with van der Waals surface area (Å²) in [5.41, 5.74) is 2.35. The summed E-state index contributed by atoms with van der Waals surface area (Å²) >= 11 is 1.30. The minimum atomic E-state index is -1.14. The number of benzene rings is 2. The molecule has 2 aromatic carbocycles. The Balaban J connectivity index is 1.72. The molecule has 4 rings (SSSR count). The zero-order chi connectivity index (χ0) is 18.8. The van der Waals surface area contributed by atoms with Crippen molar-refractivity contribution in [2.24, 2.45) is 5.10 Å². The Morgan fingerprint density at radius 1 is 1.11 bits per heavy atom. The Labute approximate surface area is 158 Å².